The zero-order chi connectivity index (χ0) is 19.7. The number of methoxy groups -OCH3 is 1. The molecular formula is C19H17F3N2O3. The molecule has 142 valence electrons. The highest BCUT2D eigenvalue weighted by Gasteiger charge is 2.56. The van der Waals surface area contributed by atoms with Gasteiger partial charge in [-0.25, -0.2) is 0 Å². The van der Waals surface area contributed by atoms with Gasteiger partial charge in [-0.2, -0.15) is 13.2 Å². The van der Waals surface area contributed by atoms with E-state index in [2.05, 4.69) is 10.6 Å². The van der Waals surface area contributed by atoms with Crippen LogP contribution in [0.1, 0.15) is 18.4 Å². The van der Waals surface area contributed by atoms with Crippen molar-refractivity contribution >= 4 is 23.2 Å². The van der Waals surface area contributed by atoms with Crippen LogP contribution in [-0.4, -0.2) is 18.9 Å². The molecule has 1 aliphatic carbocycles. The maximum atomic E-state index is 13.1. The van der Waals surface area contributed by atoms with E-state index in [4.69, 9.17) is 4.74 Å². The minimum absolute atomic E-state index is 0.273. The third-order valence-electron chi connectivity index (χ3n) is 4.45. The van der Waals surface area contributed by atoms with Crippen LogP contribution in [0.25, 0.3) is 0 Å². The van der Waals surface area contributed by atoms with Gasteiger partial charge in [-0.15, -0.1) is 0 Å². The van der Waals surface area contributed by atoms with Crippen molar-refractivity contribution < 1.29 is 27.5 Å². The van der Waals surface area contributed by atoms with Gasteiger partial charge in [-0.05, 0) is 49.2 Å². The molecular weight excluding hydrogens is 361 g/mol. The summed E-state index contributed by atoms with van der Waals surface area (Å²) in [4.78, 5) is 25.1. The molecule has 0 bridgehead atoms. The summed E-state index contributed by atoms with van der Waals surface area (Å²) in [5, 5.41) is 4.90. The molecule has 2 amide bonds. The van der Waals surface area contributed by atoms with Gasteiger partial charge in [0.25, 0.3) is 0 Å². The van der Waals surface area contributed by atoms with Crippen molar-refractivity contribution in [2.75, 3.05) is 17.7 Å². The fourth-order valence-electron chi connectivity index (χ4n) is 2.69. The van der Waals surface area contributed by atoms with Crippen LogP contribution in [0, 0.1) is 5.41 Å². The number of ether oxygens (including phenoxy) is 1. The van der Waals surface area contributed by atoms with Gasteiger partial charge in [-0.1, -0.05) is 12.1 Å². The molecule has 1 aliphatic rings. The highest BCUT2D eigenvalue weighted by Crippen LogP contribution is 2.48. The van der Waals surface area contributed by atoms with Crippen LogP contribution in [0.15, 0.2) is 48.5 Å². The normalized spacial score (nSPS) is 15.0. The molecule has 0 aromatic heterocycles. The lowest BCUT2D eigenvalue weighted by Crippen LogP contribution is -2.36. The fraction of sp³-hybridized carbons (Fsp3) is 0.263. The van der Waals surface area contributed by atoms with Crippen LogP contribution in [-0.2, 0) is 15.8 Å². The predicted molar refractivity (Wildman–Crippen MR) is 93.4 cm³/mol. The zero-order valence-corrected chi connectivity index (χ0v) is 14.4. The third kappa shape index (κ3) is 3.89. The summed E-state index contributed by atoms with van der Waals surface area (Å²) in [5.41, 5.74) is -2.21. The number of anilines is 2. The van der Waals surface area contributed by atoms with E-state index in [0.29, 0.717) is 11.4 Å². The molecule has 0 unspecified atom stereocenters. The molecule has 2 N–H and O–H groups in total. The second kappa shape index (κ2) is 6.94. The molecule has 0 atom stereocenters. The molecule has 27 heavy (non-hydrogen) atoms. The SMILES string of the molecule is COc1ccc(NC(=O)C2(C(=O)Nc3ccccc3C(F)(F)F)CC2)cc1. The van der Waals surface area contributed by atoms with Gasteiger partial charge in [0.15, 0.2) is 0 Å². The first-order chi connectivity index (χ1) is 12.8. The number of amides is 2. The van der Waals surface area contributed by atoms with Gasteiger partial charge in [0.1, 0.15) is 11.2 Å². The first-order valence-corrected chi connectivity index (χ1v) is 8.19. The smallest absolute Gasteiger partial charge is 0.418 e. The molecule has 1 fully saturated rings. The largest absolute Gasteiger partial charge is 0.497 e. The summed E-state index contributed by atoms with van der Waals surface area (Å²) in [5.74, 6) is -0.685. The van der Waals surface area contributed by atoms with Gasteiger partial charge >= 0.3 is 6.18 Å². The Kier molecular flexibility index (Phi) is 4.82. The van der Waals surface area contributed by atoms with E-state index >= 15 is 0 Å². The Labute approximate surface area is 153 Å². The lowest BCUT2D eigenvalue weighted by Gasteiger charge is -2.18. The van der Waals surface area contributed by atoms with Crippen LogP contribution >= 0.6 is 0 Å². The Bertz CT molecular complexity index is 859. The van der Waals surface area contributed by atoms with Crippen molar-refractivity contribution in [2.24, 2.45) is 5.41 Å². The molecule has 0 saturated heterocycles. The van der Waals surface area contributed by atoms with Gasteiger partial charge in [0.2, 0.25) is 11.8 Å². The van der Waals surface area contributed by atoms with Crippen LogP contribution in [0.2, 0.25) is 0 Å². The maximum Gasteiger partial charge on any atom is 0.418 e. The Morgan fingerprint density at radius 3 is 2.11 bits per heavy atom. The lowest BCUT2D eigenvalue weighted by molar-refractivity contribution is -0.137. The van der Waals surface area contributed by atoms with Crippen molar-refractivity contribution in [1.82, 2.24) is 0 Å². The Morgan fingerprint density at radius 2 is 1.56 bits per heavy atom. The highest BCUT2D eigenvalue weighted by atomic mass is 19.4. The number of para-hydroxylation sites is 1. The number of alkyl halides is 3. The van der Waals surface area contributed by atoms with E-state index < -0.39 is 29.0 Å². The molecule has 2 aromatic rings. The van der Waals surface area contributed by atoms with E-state index in [-0.39, 0.29) is 18.5 Å². The van der Waals surface area contributed by atoms with Crippen LogP contribution < -0.4 is 15.4 Å². The van der Waals surface area contributed by atoms with E-state index in [9.17, 15) is 22.8 Å². The molecule has 1 saturated carbocycles. The van der Waals surface area contributed by atoms with Crippen LogP contribution in [0.3, 0.4) is 0 Å². The topological polar surface area (TPSA) is 67.4 Å². The Hall–Kier alpha value is -3.03. The molecule has 0 heterocycles. The Balaban J connectivity index is 1.74. The summed E-state index contributed by atoms with van der Waals surface area (Å²) in [6.07, 6.45) is -4.06. The quantitative estimate of drug-likeness (QED) is 0.771. The average molecular weight is 378 g/mol. The van der Waals surface area contributed by atoms with Gasteiger partial charge in [-0.3, -0.25) is 9.59 Å². The standard InChI is InChI=1S/C19H17F3N2O3/c1-27-13-8-6-12(7-9-13)23-16(25)18(10-11-18)17(26)24-15-5-3-2-4-14(15)19(20,21)22/h2-9H,10-11H2,1H3,(H,23,25)(H,24,26). The monoisotopic (exact) mass is 378 g/mol. The number of rotatable bonds is 5. The van der Waals surface area contributed by atoms with Gasteiger partial charge in [0.05, 0.1) is 18.4 Å². The van der Waals surface area contributed by atoms with E-state index in [1.807, 2.05) is 0 Å². The molecule has 8 heteroatoms. The molecule has 3 rings (SSSR count). The number of nitrogens with one attached hydrogen (secondary N) is 2. The fourth-order valence-corrected chi connectivity index (χ4v) is 2.69. The van der Waals surface area contributed by atoms with E-state index in [1.54, 1.807) is 24.3 Å². The van der Waals surface area contributed by atoms with Crippen molar-refractivity contribution in [3.05, 3.63) is 54.1 Å². The van der Waals surface area contributed by atoms with Crippen molar-refractivity contribution in [3.8, 4) is 5.75 Å². The Morgan fingerprint density at radius 1 is 0.963 bits per heavy atom. The summed E-state index contributed by atoms with van der Waals surface area (Å²) in [6.45, 7) is 0. The predicted octanol–water partition coefficient (Wildman–Crippen LogP) is 4.07. The van der Waals surface area contributed by atoms with Gasteiger partial charge in [0, 0.05) is 5.69 Å². The number of hydrogen-bond donors (Lipinski definition) is 2. The zero-order valence-electron chi connectivity index (χ0n) is 14.4. The second-order valence-corrected chi connectivity index (χ2v) is 6.26. The summed E-state index contributed by atoms with van der Waals surface area (Å²) in [6, 6.07) is 11.2. The second-order valence-electron chi connectivity index (χ2n) is 6.26. The number of benzene rings is 2. The summed E-state index contributed by atoms with van der Waals surface area (Å²) < 4.78 is 44.3. The molecule has 0 aliphatic heterocycles. The maximum absolute atomic E-state index is 13.1. The van der Waals surface area contributed by atoms with Crippen molar-refractivity contribution in [1.29, 1.82) is 0 Å². The van der Waals surface area contributed by atoms with E-state index in [1.165, 1.54) is 19.2 Å². The van der Waals surface area contributed by atoms with Crippen molar-refractivity contribution in [2.45, 2.75) is 19.0 Å². The van der Waals surface area contributed by atoms with Gasteiger partial charge < -0.3 is 15.4 Å². The lowest BCUT2D eigenvalue weighted by atomic mass is 10.0. The average Bonchev–Trinajstić information content (AvgIpc) is 3.44. The number of carbonyl (C=O) groups is 2. The molecule has 5 nitrogen and oxygen atoms in total. The van der Waals surface area contributed by atoms with Crippen LogP contribution in [0.4, 0.5) is 24.5 Å². The molecule has 0 spiro atoms. The van der Waals surface area contributed by atoms with Crippen LogP contribution in [0.5, 0.6) is 5.75 Å². The summed E-state index contributed by atoms with van der Waals surface area (Å²) in [7, 11) is 1.51. The number of carbonyl (C=O) groups excluding carboxylic acids is 2. The summed E-state index contributed by atoms with van der Waals surface area (Å²) >= 11 is 0. The number of hydrogen-bond acceptors (Lipinski definition) is 3. The van der Waals surface area contributed by atoms with E-state index in [0.717, 1.165) is 12.1 Å². The minimum Gasteiger partial charge on any atom is -0.497 e. The molecule has 2 aromatic carbocycles. The highest BCUT2D eigenvalue weighted by molar-refractivity contribution is 6.17. The molecule has 0 radical (unpaired) electrons. The first kappa shape index (κ1) is 18.8. The van der Waals surface area contributed by atoms with Crippen molar-refractivity contribution in [3.63, 3.8) is 0 Å². The first-order valence-electron chi connectivity index (χ1n) is 8.19. The minimum atomic E-state index is -4.61. The third-order valence-corrected chi connectivity index (χ3v) is 4.45. The number of halogens is 3.